The molecule has 0 saturated heterocycles. The van der Waals surface area contributed by atoms with Crippen LogP contribution in [0.3, 0.4) is 0 Å². The van der Waals surface area contributed by atoms with Crippen LogP contribution in [0.15, 0.2) is 23.3 Å². The van der Waals surface area contributed by atoms with E-state index in [1.54, 1.807) is 11.1 Å². The average molecular weight is 1930 g/mol. The van der Waals surface area contributed by atoms with E-state index >= 15 is 0 Å². The number of hydrogen-bond donors (Lipinski definition) is 3. The fourth-order valence-electron chi connectivity index (χ4n) is 39.7. The third-order valence-corrected chi connectivity index (χ3v) is 45.4. The zero-order valence-corrected chi connectivity index (χ0v) is 84.3. The number of fused-ring (bicyclic) bond motifs is 28. The number of halogens is 1. The number of allylic oxidation sites excluding steroid dienone is 4. The summed E-state index contributed by atoms with van der Waals surface area (Å²) in [4.78, 5) is 93.8. The van der Waals surface area contributed by atoms with Crippen LogP contribution >= 0.6 is 0 Å². The van der Waals surface area contributed by atoms with Crippen molar-refractivity contribution >= 4 is 70.7 Å². The standard InChI is InChI=1S/2C20H32O.C18H26O5.C18H28O2.C18H26O2.C17H24O2.6CH4.CH3.BrH.Mg/c2*1-4-14-6-8-18-16-7-5-13-11-19(2,21)12-17(13)15(16)9-10-20(14,18)3;1-18-7-6-13-14(16(18)4-5-17(18)21)3-2-12(8-22-10-19)15(13)9-23-11-20;1-17(20)9-11-3-4-13-12(14(11)10-17)7-8-18(2)15(13)5-6-16(18)19;1-18-9-8-14-13-5-3-12(19)10-11(13)2-4-15(14)16(18)6-7-17(18)20;1-17-7-6-12-13(15(17)4-5-16(17)19)3-2-10-8-11(18)9-14(10)12;;;;;;;;;/h2*4,13,15-18,21H,5-12H2,1-3H3;10-16H,2-9H2,1H3;11-15,20H,3-10H2,1-2H3;11,13-16H,2-10H2,1H3;10,12-15H,2-9H2,1H3;6*1H4;1H3;1H;/q;;;;;;;;;;;;-1;;+2/p-1/b2*14-4-;;;;;;;;;;;;;/t13-,15+,16-,17+,18+,19+,20-;13-,15+,16-,17+,18+,19-,20-;12-,13+,14-,15+,16+,18+;11-,12+,13-,14+,15+,17+,18+;11-,13+,14-,15-,16+,18+;10-,12+,13-,14+,15+,17+;;;;;;;;;/m111111........./s1. The third kappa shape index (κ3) is 20.5. The first-order valence-corrected chi connectivity index (χ1v) is 52.9. The maximum Gasteiger partial charge on any atom is 2.00 e. The molecule has 133 heavy (non-hydrogen) atoms. The van der Waals surface area contributed by atoms with Crippen molar-refractivity contribution in [1.29, 1.82) is 0 Å². The van der Waals surface area contributed by atoms with Gasteiger partial charge in [-0.15, -0.1) is 0 Å². The van der Waals surface area contributed by atoms with Crippen LogP contribution < -0.4 is 17.0 Å². The summed E-state index contributed by atoms with van der Waals surface area (Å²) in [6.07, 6.45) is 58.9. The number of rotatable bonds is 6. The van der Waals surface area contributed by atoms with Gasteiger partial charge in [-0.3, -0.25) is 38.4 Å². The SMILES string of the molecule is C.C.C.C.C.C.C/C=C1/CC[C@H]2[C@@H]3CC[C@@H]4C[C@@](C)(O)C[C@@H]4[C@H]3CC[C@]12C.C/C=C1/CC[C@H]2[C@@H]3CC[C@@H]4C[C@](C)(O)C[C@@H]4[C@H]3CC[C@]12C.C[C@]1(O)C[C@H]2CC[C@@H]3[C@H](CC[C@]4(C)C(=O)CC[C@@H]34)[C@H]2C1.C[C@]12CC[C@H]3[C@@H](CC[C@@H]4CC(=O)CC[C@@H]43)[C@@H]1CCC2=O.C[C@]12CC[C@H]3[C@@H](CC[C@@H]4CC(=O)C[C@@H]43)[C@@H]1CCC2=O.C[C@]12CC[C@H]3[C@@H](CC[C@H](COC=O)[C@@H]3COC=O)[C@@H]1CCC2=O.[Br-].[CH3-].[Mg+2]. The third-order valence-electron chi connectivity index (χ3n) is 45.4. The largest absolute Gasteiger partial charge is 2.00 e. The van der Waals surface area contributed by atoms with Gasteiger partial charge in [-0.1, -0.05) is 109 Å². The minimum Gasteiger partial charge on any atom is -1.00 e. The number of aliphatic hydroxyl groups is 3. The summed E-state index contributed by atoms with van der Waals surface area (Å²) < 4.78 is 10.1. The first-order chi connectivity index (χ1) is 59.1. The summed E-state index contributed by atoms with van der Waals surface area (Å²) in [5.74, 6) is 24.9. The van der Waals surface area contributed by atoms with E-state index in [1.165, 1.54) is 135 Å². The van der Waals surface area contributed by atoms with E-state index in [2.05, 4.69) is 81.4 Å². The number of hydrogen-bond acceptors (Lipinski definition) is 13. The molecule has 0 radical (unpaired) electrons. The van der Waals surface area contributed by atoms with Crippen molar-refractivity contribution in [3.63, 3.8) is 0 Å². The van der Waals surface area contributed by atoms with Crippen molar-refractivity contribution in [2.75, 3.05) is 13.2 Å². The topological polar surface area (TPSA) is 216 Å². The van der Waals surface area contributed by atoms with Gasteiger partial charge in [0.2, 0.25) is 0 Å². The molecule has 0 heterocycles. The minimum absolute atomic E-state index is 0. The van der Waals surface area contributed by atoms with Crippen molar-refractivity contribution in [3.8, 4) is 0 Å². The maximum absolute atomic E-state index is 12.3. The molecule has 0 aromatic carbocycles. The van der Waals surface area contributed by atoms with Gasteiger partial charge >= 0.3 is 23.1 Å². The van der Waals surface area contributed by atoms with Crippen LogP contribution in [0.25, 0.3) is 0 Å². The Bertz CT molecular complexity index is 3980. The molecule has 0 aromatic rings. The molecule has 0 aliphatic heterocycles. The second-order valence-electron chi connectivity index (χ2n) is 50.7. The molecule has 39 atom stereocenters. The van der Waals surface area contributed by atoms with E-state index in [0.717, 1.165) is 279 Å². The van der Waals surface area contributed by atoms with Crippen molar-refractivity contribution < 1.29 is 80.1 Å². The van der Waals surface area contributed by atoms with E-state index < -0.39 is 5.60 Å². The Morgan fingerprint density at radius 1 is 0.286 bits per heavy atom. The predicted octanol–water partition coefficient (Wildman–Crippen LogP) is 23.9. The van der Waals surface area contributed by atoms with Gasteiger partial charge in [0.05, 0.1) is 30.0 Å². The fourth-order valence-corrected chi connectivity index (χ4v) is 39.7. The summed E-state index contributed by atoms with van der Waals surface area (Å²) in [5.41, 5.74) is 3.28. The molecule has 23 fully saturated rings. The zero-order valence-electron chi connectivity index (χ0n) is 81.3. The van der Waals surface area contributed by atoms with Crippen LogP contribution in [0.4, 0.5) is 0 Å². The number of ketones is 6. The van der Waals surface area contributed by atoms with Gasteiger partial charge in [0, 0.05) is 78.9 Å². The minimum atomic E-state index is -0.420. The summed E-state index contributed by atoms with van der Waals surface area (Å²) in [6.45, 7) is 26.5. The molecule has 23 aliphatic carbocycles. The van der Waals surface area contributed by atoms with Gasteiger partial charge in [0.15, 0.2) is 0 Å². The second kappa shape index (κ2) is 44.0. The van der Waals surface area contributed by atoms with Crippen LogP contribution in [-0.2, 0) is 47.8 Å². The number of carbonyl (C=O) groups excluding carboxylic acids is 8. The summed E-state index contributed by atoms with van der Waals surface area (Å²) in [6, 6.07) is 0. The van der Waals surface area contributed by atoms with Gasteiger partial charge < -0.3 is 49.2 Å². The number of ether oxygens (including phenoxy) is 2. The molecule has 0 aromatic heterocycles. The van der Waals surface area contributed by atoms with Gasteiger partial charge in [0.1, 0.15) is 34.7 Å². The molecule has 15 heteroatoms. The van der Waals surface area contributed by atoms with E-state index in [9.17, 15) is 53.7 Å². The van der Waals surface area contributed by atoms with E-state index in [1.807, 2.05) is 6.92 Å². The second-order valence-corrected chi connectivity index (χ2v) is 50.7. The first-order valence-electron chi connectivity index (χ1n) is 52.9. The summed E-state index contributed by atoms with van der Waals surface area (Å²) >= 11 is 0. The summed E-state index contributed by atoms with van der Waals surface area (Å²) in [5, 5.41) is 31.5. The molecule has 0 bridgehead atoms. The first kappa shape index (κ1) is 114. The number of carbonyl (C=O) groups is 8. The molecule has 23 aliphatic rings. The van der Waals surface area contributed by atoms with E-state index in [0.29, 0.717) is 125 Å². The Hall–Kier alpha value is -2.43. The molecule has 13 nitrogen and oxygen atoms in total. The average Bonchev–Trinajstić information content (AvgIpc) is 1.62. The van der Waals surface area contributed by atoms with Crippen LogP contribution in [-0.4, -0.2) is 116 Å². The molecule has 0 spiro atoms. The van der Waals surface area contributed by atoms with Crippen LogP contribution in [0, 0.1) is 217 Å². The van der Waals surface area contributed by atoms with Gasteiger partial charge in [-0.2, -0.15) is 0 Å². The monoisotopic (exact) mass is 1920 g/mol. The Balaban J connectivity index is 0.000000177. The van der Waals surface area contributed by atoms with Crippen molar-refractivity contribution in [2.45, 2.75) is 439 Å². The van der Waals surface area contributed by atoms with Gasteiger partial charge in [-0.25, -0.2) is 0 Å². The molecule has 754 valence electrons. The van der Waals surface area contributed by atoms with Crippen molar-refractivity contribution in [2.24, 2.45) is 210 Å². The Morgan fingerprint density at radius 3 is 0.917 bits per heavy atom. The Morgan fingerprint density at radius 2 is 0.564 bits per heavy atom. The normalized spacial score (nSPS) is 49.6. The fraction of sp³-hybridized carbons (Fsp3) is 0.890. The maximum atomic E-state index is 12.3. The molecule has 0 amide bonds. The molecule has 0 unspecified atom stereocenters. The quantitative estimate of drug-likeness (QED) is 0.0978. The summed E-state index contributed by atoms with van der Waals surface area (Å²) in [7, 11) is 0. The zero-order chi connectivity index (χ0) is 87.3. The van der Waals surface area contributed by atoms with Crippen molar-refractivity contribution in [3.05, 3.63) is 30.7 Å². The Labute approximate surface area is 838 Å². The Kier molecular flexibility index (Phi) is 37.8. The predicted molar refractivity (Wildman–Crippen MR) is 536 cm³/mol. The smallest absolute Gasteiger partial charge is 1.00 e. The molecular formula is C118H195BrMgO13. The van der Waals surface area contributed by atoms with Crippen LogP contribution in [0.2, 0.25) is 0 Å². The molecule has 23 saturated carbocycles. The van der Waals surface area contributed by atoms with Gasteiger partial charge in [-0.05, 0) is 467 Å². The van der Waals surface area contributed by atoms with Crippen molar-refractivity contribution in [1.82, 2.24) is 0 Å². The molecular weight excluding hydrogens is 1730 g/mol. The van der Waals surface area contributed by atoms with E-state index in [4.69, 9.17) is 9.47 Å². The molecule has 3 N–H and O–H groups in total. The number of Topliss-reactive ketones (excluding diaryl/α,β-unsaturated/α-hetero) is 6. The van der Waals surface area contributed by atoms with E-state index in [-0.39, 0.29) is 137 Å². The van der Waals surface area contributed by atoms with Crippen LogP contribution in [0.1, 0.15) is 422 Å². The van der Waals surface area contributed by atoms with Gasteiger partial charge in [0.25, 0.3) is 12.9 Å². The molecule has 23 rings (SSSR count). The van der Waals surface area contributed by atoms with Crippen LogP contribution in [0.5, 0.6) is 0 Å².